The summed E-state index contributed by atoms with van der Waals surface area (Å²) < 4.78 is 26.7. The van der Waals surface area contributed by atoms with E-state index >= 15 is 0 Å². The second kappa shape index (κ2) is 5.45. The van der Waals surface area contributed by atoms with Gasteiger partial charge in [-0.25, -0.2) is 8.42 Å². The Morgan fingerprint density at radius 3 is 2.62 bits per heavy atom. The normalized spacial score (nSPS) is 15.7. The first-order valence-electron chi connectivity index (χ1n) is 6.38. The van der Waals surface area contributed by atoms with Gasteiger partial charge < -0.3 is 10.4 Å². The molecule has 0 aliphatic carbocycles. The summed E-state index contributed by atoms with van der Waals surface area (Å²) in [5.74, 6) is -1.82. The summed E-state index contributed by atoms with van der Waals surface area (Å²) in [6, 6.07) is 3.02. The minimum absolute atomic E-state index is 0.0512. The number of benzene rings is 1. The molecule has 1 atom stereocenters. The van der Waals surface area contributed by atoms with Crippen molar-refractivity contribution in [1.29, 1.82) is 0 Å². The molecule has 114 valence electrons. The van der Waals surface area contributed by atoms with Crippen molar-refractivity contribution in [1.82, 2.24) is 4.72 Å². The van der Waals surface area contributed by atoms with Crippen LogP contribution in [-0.2, 0) is 26.0 Å². The number of aliphatic carboxylic acids is 1. The van der Waals surface area contributed by atoms with Gasteiger partial charge in [-0.05, 0) is 29.7 Å². The summed E-state index contributed by atoms with van der Waals surface area (Å²) in [7, 11) is -3.96. The first kappa shape index (κ1) is 15.5. The summed E-state index contributed by atoms with van der Waals surface area (Å²) in [4.78, 5) is 22.3. The van der Waals surface area contributed by atoms with Gasteiger partial charge in [-0.15, -0.1) is 0 Å². The third-order valence-electron chi connectivity index (χ3n) is 3.23. The number of sulfonamides is 1. The van der Waals surface area contributed by atoms with Crippen LogP contribution in [0.2, 0.25) is 0 Å². The molecule has 0 saturated carbocycles. The van der Waals surface area contributed by atoms with Gasteiger partial charge in [0.05, 0.1) is 11.3 Å². The largest absolute Gasteiger partial charge is 0.480 e. The lowest BCUT2D eigenvalue weighted by Gasteiger charge is -2.18. The van der Waals surface area contributed by atoms with Crippen molar-refractivity contribution in [3.8, 4) is 0 Å². The quantitative estimate of drug-likeness (QED) is 0.735. The fourth-order valence-corrected chi connectivity index (χ4v) is 3.47. The molecular formula is C13H16N2O5S. The first-order chi connectivity index (χ1) is 9.70. The van der Waals surface area contributed by atoms with Gasteiger partial charge in [0.1, 0.15) is 6.04 Å². The highest BCUT2D eigenvalue weighted by molar-refractivity contribution is 7.89. The van der Waals surface area contributed by atoms with Gasteiger partial charge in [-0.3, -0.25) is 9.59 Å². The molecule has 2 rings (SSSR count). The van der Waals surface area contributed by atoms with Crippen molar-refractivity contribution in [2.75, 3.05) is 5.32 Å². The topological polar surface area (TPSA) is 113 Å². The molecule has 1 heterocycles. The molecule has 3 N–H and O–H groups in total. The van der Waals surface area contributed by atoms with Crippen LogP contribution >= 0.6 is 0 Å². The minimum Gasteiger partial charge on any atom is -0.480 e. The minimum atomic E-state index is -3.96. The van der Waals surface area contributed by atoms with Gasteiger partial charge in [0, 0.05) is 5.69 Å². The second-order valence-electron chi connectivity index (χ2n) is 5.23. The second-order valence-corrected chi connectivity index (χ2v) is 6.94. The maximum Gasteiger partial charge on any atom is 0.322 e. The molecule has 0 unspecified atom stereocenters. The van der Waals surface area contributed by atoms with Gasteiger partial charge in [0.15, 0.2) is 0 Å². The molecule has 0 radical (unpaired) electrons. The number of anilines is 1. The zero-order valence-electron chi connectivity index (χ0n) is 11.6. The van der Waals surface area contributed by atoms with E-state index in [-0.39, 0.29) is 17.2 Å². The van der Waals surface area contributed by atoms with Crippen molar-refractivity contribution < 1.29 is 23.1 Å². The van der Waals surface area contributed by atoms with Gasteiger partial charge in [-0.2, -0.15) is 4.72 Å². The Balaban J connectivity index is 2.30. The fraction of sp³-hybridized carbons (Fsp3) is 0.385. The summed E-state index contributed by atoms with van der Waals surface area (Å²) in [6.45, 7) is 3.24. The maximum atomic E-state index is 12.3. The molecule has 1 amide bonds. The van der Waals surface area contributed by atoms with E-state index in [1.807, 2.05) is 0 Å². The number of carbonyl (C=O) groups is 2. The van der Waals surface area contributed by atoms with Gasteiger partial charge in [0.2, 0.25) is 15.9 Å². The Labute approximate surface area is 122 Å². The van der Waals surface area contributed by atoms with Crippen molar-refractivity contribution in [2.24, 2.45) is 5.92 Å². The zero-order valence-corrected chi connectivity index (χ0v) is 12.4. The molecule has 21 heavy (non-hydrogen) atoms. The van der Waals surface area contributed by atoms with Crippen LogP contribution in [0.1, 0.15) is 19.4 Å². The highest BCUT2D eigenvalue weighted by atomic mass is 32.2. The Morgan fingerprint density at radius 2 is 2.05 bits per heavy atom. The van der Waals surface area contributed by atoms with E-state index in [0.29, 0.717) is 11.3 Å². The number of carbonyl (C=O) groups excluding carboxylic acids is 1. The zero-order chi connectivity index (χ0) is 15.8. The molecule has 1 aromatic rings. The molecule has 0 bridgehead atoms. The molecule has 0 saturated heterocycles. The van der Waals surface area contributed by atoms with Gasteiger partial charge >= 0.3 is 5.97 Å². The van der Waals surface area contributed by atoms with Crippen molar-refractivity contribution in [2.45, 2.75) is 31.2 Å². The molecular weight excluding hydrogens is 296 g/mol. The molecule has 0 fully saturated rings. The summed E-state index contributed by atoms with van der Waals surface area (Å²) in [5.41, 5.74) is 1.16. The van der Waals surface area contributed by atoms with E-state index in [0.717, 1.165) is 0 Å². The fourth-order valence-electron chi connectivity index (χ4n) is 2.08. The average Bonchev–Trinajstić information content (AvgIpc) is 2.74. The Bertz CT molecular complexity index is 697. The highest BCUT2D eigenvalue weighted by Gasteiger charge is 2.29. The van der Waals surface area contributed by atoms with Crippen molar-refractivity contribution >= 4 is 27.6 Å². The molecule has 1 aliphatic heterocycles. The third-order valence-corrected chi connectivity index (χ3v) is 4.67. The number of rotatable bonds is 5. The maximum absolute atomic E-state index is 12.3. The Kier molecular flexibility index (Phi) is 4.02. The number of nitrogens with one attached hydrogen (secondary N) is 2. The smallest absolute Gasteiger partial charge is 0.322 e. The molecule has 0 spiro atoms. The Hall–Kier alpha value is -1.93. The summed E-state index contributed by atoms with van der Waals surface area (Å²) in [5, 5.41) is 11.7. The number of hydrogen-bond donors (Lipinski definition) is 3. The lowest BCUT2D eigenvalue weighted by atomic mass is 10.1. The van der Waals surface area contributed by atoms with Crippen molar-refractivity contribution in [3.05, 3.63) is 23.8 Å². The van der Waals surface area contributed by atoms with E-state index in [9.17, 15) is 18.0 Å². The lowest BCUT2D eigenvalue weighted by Crippen LogP contribution is -2.44. The van der Waals surface area contributed by atoms with Gasteiger partial charge in [0.25, 0.3) is 0 Å². The van der Waals surface area contributed by atoms with Crippen LogP contribution in [0.3, 0.4) is 0 Å². The Morgan fingerprint density at radius 1 is 1.38 bits per heavy atom. The number of amides is 1. The van der Waals surface area contributed by atoms with E-state index in [1.54, 1.807) is 13.8 Å². The van der Waals surface area contributed by atoms with Gasteiger partial charge in [-0.1, -0.05) is 13.8 Å². The SMILES string of the molecule is CC(C)[C@H](NS(=O)(=O)c1ccc2c(c1)CC(=O)N2)C(=O)O. The van der Waals surface area contributed by atoms with Crippen LogP contribution < -0.4 is 10.0 Å². The molecule has 1 aromatic carbocycles. The predicted octanol–water partition coefficient (Wildman–Crippen LogP) is 0.569. The number of carboxylic acids is 1. The summed E-state index contributed by atoms with van der Waals surface area (Å²) in [6.07, 6.45) is 0.116. The van der Waals surface area contributed by atoms with Crippen LogP contribution in [0.25, 0.3) is 0 Å². The van der Waals surface area contributed by atoms with E-state index in [1.165, 1.54) is 18.2 Å². The van der Waals surface area contributed by atoms with E-state index in [2.05, 4.69) is 10.0 Å². The first-order valence-corrected chi connectivity index (χ1v) is 7.87. The van der Waals surface area contributed by atoms with Crippen LogP contribution in [0.15, 0.2) is 23.1 Å². The number of carboxylic acid groups (broad SMARTS) is 1. The van der Waals surface area contributed by atoms with Crippen LogP contribution in [-0.4, -0.2) is 31.4 Å². The third kappa shape index (κ3) is 3.22. The van der Waals surface area contributed by atoms with Crippen LogP contribution in [0.5, 0.6) is 0 Å². The lowest BCUT2D eigenvalue weighted by molar-refractivity contribution is -0.140. The molecule has 1 aliphatic rings. The number of fused-ring (bicyclic) bond motifs is 1. The van der Waals surface area contributed by atoms with Crippen LogP contribution in [0, 0.1) is 5.92 Å². The standard InChI is InChI=1S/C13H16N2O5S/c1-7(2)12(13(17)18)15-21(19,20)9-3-4-10-8(5-9)6-11(16)14-10/h3-5,7,12,15H,6H2,1-2H3,(H,14,16)(H,17,18)/t12-/m0/s1. The summed E-state index contributed by atoms with van der Waals surface area (Å²) >= 11 is 0. The van der Waals surface area contributed by atoms with Crippen LogP contribution in [0.4, 0.5) is 5.69 Å². The highest BCUT2D eigenvalue weighted by Crippen LogP contribution is 2.26. The average molecular weight is 312 g/mol. The monoisotopic (exact) mass is 312 g/mol. The molecule has 7 nitrogen and oxygen atoms in total. The number of hydrogen-bond acceptors (Lipinski definition) is 4. The van der Waals surface area contributed by atoms with E-state index in [4.69, 9.17) is 5.11 Å². The molecule has 8 heteroatoms. The predicted molar refractivity (Wildman–Crippen MR) is 75.4 cm³/mol. The molecule has 0 aromatic heterocycles. The van der Waals surface area contributed by atoms with E-state index < -0.39 is 28.0 Å². The van der Waals surface area contributed by atoms with Crippen molar-refractivity contribution in [3.63, 3.8) is 0 Å².